The maximum absolute atomic E-state index is 11.8. The number of thiazole rings is 1. The summed E-state index contributed by atoms with van der Waals surface area (Å²) in [6.45, 7) is 6.02. The number of carbonyl (C=O) groups is 1. The number of nitrogens with zero attached hydrogens (tertiary/aromatic N) is 2. The number of benzene rings is 1. The van der Waals surface area contributed by atoms with E-state index in [1.54, 1.807) is 17.4 Å². The van der Waals surface area contributed by atoms with Crippen molar-refractivity contribution in [3.05, 3.63) is 29.1 Å². The molecule has 5 nitrogen and oxygen atoms in total. The van der Waals surface area contributed by atoms with Gasteiger partial charge >= 0.3 is 5.97 Å². The molecule has 1 aliphatic carbocycles. The molecule has 2 aliphatic rings. The Balaban J connectivity index is 1.46. The molecule has 4 rings (SSSR count). The number of ether oxygens (including phenoxy) is 1. The van der Waals surface area contributed by atoms with Crippen molar-refractivity contribution in [3.63, 3.8) is 0 Å². The highest BCUT2D eigenvalue weighted by atomic mass is 32.1. The summed E-state index contributed by atoms with van der Waals surface area (Å²) in [5.74, 6) is 1.11. The van der Waals surface area contributed by atoms with Crippen LogP contribution in [0.2, 0.25) is 0 Å². The van der Waals surface area contributed by atoms with E-state index in [0.717, 1.165) is 35.0 Å². The van der Waals surface area contributed by atoms with Gasteiger partial charge in [-0.1, -0.05) is 11.6 Å². The zero-order valence-corrected chi connectivity index (χ0v) is 14.5. The van der Waals surface area contributed by atoms with Crippen molar-refractivity contribution in [2.24, 2.45) is 17.8 Å². The lowest BCUT2D eigenvalue weighted by atomic mass is 10.1. The molecule has 0 spiro atoms. The van der Waals surface area contributed by atoms with E-state index < -0.39 is 0 Å². The van der Waals surface area contributed by atoms with Crippen LogP contribution in [0.3, 0.4) is 0 Å². The molecular formula is C18H20N2O3S. The molecule has 2 aromatic rings. The number of esters is 1. The molecule has 1 saturated heterocycles. The second kappa shape index (κ2) is 5.77. The second-order valence-corrected chi connectivity index (χ2v) is 7.38. The first-order chi connectivity index (χ1) is 11.6. The monoisotopic (exact) mass is 344 g/mol. The van der Waals surface area contributed by atoms with E-state index in [2.05, 4.69) is 4.90 Å². The molecule has 3 atom stereocenters. The van der Waals surface area contributed by atoms with Gasteiger partial charge in [0.1, 0.15) is 5.75 Å². The summed E-state index contributed by atoms with van der Waals surface area (Å²) in [5.41, 5.74) is 2.67. The number of phenolic OH excluding ortho intramolecular Hbond substituents is 1. The number of carbonyl (C=O) groups excluding carboxylic acids is 1. The number of aromatic nitrogens is 1. The van der Waals surface area contributed by atoms with Crippen LogP contribution in [0.1, 0.15) is 12.5 Å². The van der Waals surface area contributed by atoms with Crippen LogP contribution in [-0.2, 0) is 9.53 Å². The normalized spacial score (nSPS) is 24.8. The average Bonchev–Trinajstić information content (AvgIpc) is 2.95. The topological polar surface area (TPSA) is 62.7 Å². The molecule has 0 radical (unpaired) electrons. The van der Waals surface area contributed by atoms with Gasteiger partial charge in [0.15, 0.2) is 5.13 Å². The first-order valence-electron chi connectivity index (χ1n) is 8.25. The first kappa shape index (κ1) is 15.4. The van der Waals surface area contributed by atoms with Gasteiger partial charge in [0.2, 0.25) is 0 Å². The maximum atomic E-state index is 11.8. The Morgan fingerprint density at radius 3 is 2.88 bits per heavy atom. The minimum Gasteiger partial charge on any atom is -0.507 e. The summed E-state index contributed by atoms with van der Waals surface area (Å²) < 4.78 is 5.13. The zero-order valence-electron chi connectivity index (χ0n) is 13.7. The number of hydrogen-bond acceptors (Lipinski definition) is 6. The van der Waals surface area contributed by atoms with Crippen LogP contribution in [0, 0.1) is 24.7 Å². The molecule has 24 heavy (non-hydrogen) atoms. The molecule has 1 aliphatic heterocycles. The van der Waals surface area contributed by atoms with Crippen LogP contribution in [0.15, 0.2) is 23.6 Å². The molecule has 2 heterocycles. The van der Waals surface area contributed by atoms with Crippen LogP contribution < -0.4 is 4.90 Å². The quantitative estimate of drug-likeness (QED) is 0.864. The van der Waals surface area contributed by atoms with E-state index in [4.69, 9.17) is 9.72 Å². The lowest BCUT2D eigenvalue weighted by Crippen LogP contribution is -2.26. The van der Waals surface area contributed by atoms with Crippen molar-refractivity contribution in [1.82, 2.24) is 4.98 Å². The highest BCUT2D eigenvalue weighted by Crippen LogP contribution is 2.53. The highest BCUT2D eigenvalue weighted by Gasteiger charge is 2.60. The summed E-state index contributed by atoms with van der Waals surface area (Å²) in [7, 11) is 0. The summed E-state index contributed by atoms with van der Waals surface area (Å²) in [5, 5.41) is 13.0. The number of piperidine rings is 1. The van der Waals surface area contributed by atoms with Gasteiger partial charge in [-0.2, -0.15) is 0 Å². The molecule has 2 fully saturated rings. The van der Waals surface area contributed by atoms with Crippen LogP contribution in [-0.4, -0.2) is 35.8 Å². The van der Waals surface area contributed by atoms with Gasteiger partial charge in [0.05, 0.1) is 18.2 Å². The maximum Gasteiger partial charge on any atom is 0.309 e. The van der Waals surface area contributed by atoms with Crippen LogP contribution in [0.25, 0.3) is 11.3 Å². The van der Waals surface area contributed by atoms with Crippen LogP contribution in [0.4, 0.5) is 5.13 Å². The van der Waals surface area contributed by atoms with Gasteiger partial charge < -0.3 is 14.7 Å². The van der Waals surface area contributed by atoms with Crippen LogP contribution >= 0.6 is 11.3 Å². The fraction of sp³-hybridized carbons (Fsp3) is 0.444. The van der Waals surface area contributed by atoms with E-state index in [1.807, 2.05) is 31.4 Å². The van der Waals surface area contributed by atoms with E-state index in [9.17, 15) is 9.90 Å². The lowest BCUT2D eigenvalue weighted by Gasteiger charge is -2.18. The summed E-state index contributed by atoms with van der Waals surface area (Å²) >= 11 is 1.59. The summed E-state index contributed by atoms with van der Waals surface area (Å²) in [6.07, 6.45) is 0. The number of rotatable bonds is 4. The number of aryl methyl sites for hydroxylation is 1. The van der Waals surface area contributed by atoms with Crippen molar-refractivity contribution < 1.29 is 14.6 Å². The third kappa shape index (κ3) is 2.55. The van der Waals surface area contributed by atoms with Crippen molar-refractivity contribution >= 4 is 22.4 Å². The molecule has 1 N–H and O–H groups in total. The highest BCUT2D eigenvalue weighted by molar-refractivity contribution is 7.14. The molecule has 1 saturated carbocycles. The lowest BCUT2D eigenvalue weighted by molar-refractivity contribution is -0.145. The molecule has 1 unspecified atom stereocenters. The Bertz CT molecular complexity index is 776. The number of phenols is 1. The molecular weight excluding hydrogens is 324 g/mol. The molecule has 0 bridgehead atoms. The predicted molar refractivity (Wildman–Crippen MR) is 93.3 cm³/mol. The predicted octanol–water partition coefficient (Wildman–Crippen LogP) is 3.07. The number of hydrogen-bond donors (Lipinski definition) is 1. The van der Waals surface area contributed by atoms with Crippen molar-refractivity contribution in [3.8, 4) is 17.0 Å². The Kier molecular flexibility index (Phi) is 3.72. The number of anilines is 1. The Morgan fingerprint density at radius 2 is 2.17 bits per heavy atom. The summed E-state index contributed by atoms with van der Waals surface area (Å²) in [4.78, 5) is 18.8. The van der Waals surface area contributed by atoms with E-state index in [-0.39, 0.29) is 17.6 Å². The molecule has 1 aromatic heterocycles. The summed E-state index contributed by atoms with van der Waals surface area (Å²) in [6, 6.07) is 5.54. The average molecular weight is 344 g/mol. The fourth-order valence-corrected chi connectivity index (χ4v) is 4.50. The SMILES string of the molecule is CCOC(=O)C1[C@H]2CN(c3nc(-c4cc(C)ccc4O)cs3)C[C@@H]12. The second-order valence-electron chi connectivity index (χ2n) is 6.55. The Morgan fingerprint density at radius 1 is 1.42 bits per heavy atom. The van der Waals surface area contributed by atoms with Gasteiger partial charge in [-0.25, -0.2) is 4.98 Å². The van der Waals surface area contributed by atoms with Gasteiger partial charge in [-0.15, -0.1) is 11.3 Å². The molecule has 1 aromatic carbocycles. The molecule has 126 valence electrons. The van der Waals surface area contributed by atoms with E-state index >= 15 is 0 Å². The molecule has 0 amide bonds. The largest absolute Gasteiger partial charge is 0.507 e. The van der Waals surface area contributed by atoms with E-state index in [0.29, 0.717) is 18.4 Å². The third-order valence-corrected chi connectivity index (χ3v) is 5.84. The number of aromatic hydroxyl groups is 1. The number of fused-ring (bicyclic) bond motifs is 1. The van der Waals surface area contributed by atoms with Crippen LogP contribution in [0.5, 0.6) is 5.75 Å². The fourth-order valence-electron chi connectivity index (χ4n) is 3.66. The van der Waals surface area contributed by atoms with Gasteiger partial charge in [-0.05, 0) is 37.8 Å². The third-order valence-electron chi connectivity index (χ3n) is 4.94. The minimum atomic E-state index is -0.0448. The standard InChI is InChI=1S/C18H20N2O3S/c1-3-23-17(22)16-12-7-20(8-13(12)16)18-19-14(9-24-18)11-6-10(2)4-5-15(11)21/h4-6,9,12-13,16,21H,3,7-8H2,1-2H3/t12-,13+,16?. The van der Waals surface area contributed by atoms with Crippen molar-refractivity contribution in [2.45, 2.75) is 13.8 Å². The van der Waals surface area contributed by atoms with Gasteiger partial charge in [0, 0.05) is 24.0 Å². The van der Waals surface area contributed by atoms with Crippen molar-refractivity contribution in [1.29, 1.82) is 0 Å². The van der Waals surface area contributed by atoms with Crippen molar-refractivity contribution in [2.75, 3.05) is 24.6 Å². The van der Waals surface area contributed by atoms with Gasteiger partial charge in [0.25, 0.3) is 0 Å². The van der Waals surface area contributed by atoms with E-state index in [1.165, 1.54) is 0 Å². The first-order valence-corrected chi connectivity index (χ1v) is 9.13. The zero-order chi connectivity index (χ0) is 16.8. The Labute approximate surface area is 144 Å². The van der Waals surface area contributed by atoms with Gasteiger partial charge in [-0.3, -0.25) is 4.79 Å². The Hall–Kier alpha value is -2.08. The smallest absolute Gasteiger partial charge is 0.309 e. The molecule has 6 heteroatoms. The minimum absolute atomic E-state index is 0.0448.